The van der Waals surface area contributed by atoms with Crippen molar-refractivity contribution < 1.29 is 9.13 Å². The Morgan fingerprint density at radius 2 is 1.89 bits per heavy atom. The van der Waals surface area contributed by atoms with Crippen molar-refractivity contribution in [3.63, 3.8) is 0 Å². The highest BCUT2D eigenvalue weighted by molar-refractivity contribution is 5.29. The van der Waals surface area contributed by atoms with Gasteiger partial charge in [0.2, 0.25) is 0 Å². The molecule has 1 aromatic carbocycles. The summed E-state index contributed by atoms with van der Waals surface area (Å²) in [6.45, 7) is 7.11. The van der Waals surface area contributed by atoms with E-state index in [1.807, 2.05) is 6.07 Å². The predicted molar refractivity (Wildman–Crippen MR) is 108 cm³/mol. The van der Waals surface area contributed by atoms with Gasteiger partial charge in [-0.05, 0) is 81.3 Å². The lowest BCUT2D eigenvalue weighted by Crippen LogP contribution is -2.36. The molecule has 1 saturated heterocycles. The Kier molecular flexibility index (Phi) is 5.62. The lowest BCUT2D eigenvalue weighted by Gasteiger charge is -2.42. The largest absolute Gasteiger partial charge is 0.357 e. The average molecular weight is 374 g/mol. The van der Waals surface area contributed by atoms with Crippen LogP contribution < -0.4 is 5.32 Å². The fraction of sp³-hybridized carbons (Fsp3) is 0.750. The van der Waals surface area contributed by atoms with Gasteiger partial charge < -0.3 is 4.74 Å². The maximum atomic E-state index is 14.9. The van der Waals surface area contributed by atoms with Crippen LogP contribution in [0, 0.1) is 23.6 Å². The van der Waals surface area contributed by atoms with Crippen LogP contribution >= 0.6 is 0 Å². The van der Waals surface area contributed by atoms with Crippen molar-refractivity contribution in [3.8, 4) is 0 Å². The lowest BCUT2D eigenvalue weighted by atomic mass is 9.63. The molecule has 5 unspecified atom stereocenters. The van der Waals surface area contributed by atoms with Gasteiger partial charge in [-0.25, -0.2) is 4.39 Å². The number of rotatable bonds is 4. The first-order valence-corrected chi connectivity index (χ1v) is 11.1. The summed E-state index contributed by atoms with van der Waals surface area (Å²) in [6.07, 6.45) is 10.5. The van der Waals surface area contributed by atoms with Crippen LogP contribution in [0.4, 0.5) is 4.39 Å². The molecule has 3 heteroatoms. The van der Waals surface area contributed by atoms with Crippen LogP contribution in [0.2, 0.25) is 0 Å². The summed E-state index contributed by atoms with van der Waals surface area (Å²) in [6, 6.07) is 5.90. The molecule has 0 radical (unpaired) electrons. The molecule has 2 nitrogen and oxygen atoms in total. The van der Waals surface area contributed by atoms with Gasteiger partial charge in [0.15, 0.2) is 0 Å². The maximum absolute atomic E-state index is 14.9. The summed E-state index contributed by atoms with van der Waals surface area (Å²) in [7, 11) is 0. The zero-order valence-corrected chi connectivity index (χ0v) is 17.3. The Labute approximate surface area is 164 Å². The van der Waals surface area contributed by atoms with Gasteiger partial charge in [-0.3, -0.25) is 5.32 Å². The number of halogens is 1. The van der Waals surface area contributed by atoms with Crippen molar-refractivity contribution in [3.05, 3.63) is 35.1 Å². The van der Waals surface area contributed by atoms with Gasteiger partial charge in [0.25, 0.3) is 0 Å². The first-order chi connectivity index (χ1) is 12.9. The third-order valence-electron chi connectivity index (χ3n) is 7.33. The molecule has 3 aliphatic rings. The van der Waals surface area contributed by atoms with Gasteiger partial charge in [0.05, 0.1) is 6.61 Å². The number of nitrogens with one attached hydrogen (secondary N) is 1. The first-order valence-electron chi connectivity index (χ1n) is 11.1. The number of hydrogen-bond donors (Lipinski definition) is 1. The molecule has 27 heavy (non-hydrogen) atoms. The number of benzene rings is 1. The third kappa shape index (κ3) is 4.24. The maximum Gasteiger partial charge on any atom is 0.137 e. The van der Waals surface area contributed by atoms with E-state index in [0.29, 0.717) is 18.1 Å². The van der Waals surface area contributed by atoms with E-state index >= 15 is 0 Å². The summed E-state index contributed by atoms with van der Waals surface area (Å²) in [5.74, 6) is 3.17. The van der Waals surface area contributed by atoms with Gasteiger partial charge in [0, 0.05) is 11.1 Å². The van der Waals surface area contributed by atoms with Crippen LogP contribution in [0.3, 0.4) is 0 Å². The van der Waals surface area contributed by atoms with Crippen LogP contribution in [-0.2, 0) is 4.74 Å². The molecule has 4 rings (SSSR count). The molecule has 3 fully saturated rings. The van der Waals surface area contributed by atoms with Crippen LogP contribution in [0.25, 0.3) is 0 Å². The normalized spacial score (nSPS) is 35.8. The quantitative estimate of drug-likeness (QED) is 0.666. The third-order valence-corrected chi connectivity index (χ3v) is 7.33. The molecule has 2 aliphatic carbocycles. The number of hydrogen-bond acceptors (Lipinski definition) is 2. The zero-order chi connectivity index (χ0) is 19.0. The second-order valence-corrected chi connectivity index (χ2v) is 10.00. The van der Waals surface area contributed by atoms with Crippen LogP contribution in [-0.4, -0.2) is 12.1 Å². The number of fused-ring (bicyclic) bond motifs is 1. The van der Waals surface area contributed by atoms with Gasteiger partial charge in [-0.2, -0.15) is 0 Å². The van der Waals surface area contributed by atoms with E-state index < -0.39 is 0 Å². The van der Waals surface area contributed by atoms with Crippen molar-refractivity contribution >= 4 is 0 Å². The molecule has 0 aromatic heterocycles. The molecule has 1 heterocycles. The zero-order valence-electron chi connectivity index (χ0n) is 17.3. The summed E-state index contributed by atoms with van der Waals surface area (Å²) >= 11 is 0. The highest BCUT2D eigenvalue weighted by atomic mass is 19.1. The molecule has 0 spiro atoms. The summed E-state index contributed by atoms with van der Waals surface area (Å²) in [5.41, 5.74) is 1.76. The van der Waals surface area contributed by atoms with Gasteiger partial charge in [0.1, 0.15) is 12.0 Å². The van der Waals surface area contributed by atoms with E-state index in [1.165, 1.54) is 56.9 Å². The second kappa shape index (κ2) is 7.83. The number of ether oxygens (including phenoxy) is 1. The van der Waals surface area contributed by atoms with Crippen LogP contribution in [0.5, 0.6) is 0 Å². The standard InChI is InChI=1S/C24H36FNO/c1-4-5-16-6-7-18-13-19(9-8-17(18)12-16)20-10-11-21(22(25)14-20)23-26-24(2,3)15-27-23/h10-11,14,16-19,23,26H,4-9,12-13,15H2,1-3H3. The minimum Gasteiger partial charge on any atom is -0.357 e. The molecule has 2 saturated carbocycles. The van der Waals surface area contributed by atoms with E-state index in [0.717, 1.165) is 17.8 Å². The van der Waals surface area contributed by atoms with E-state index in [-0.39, 0.29) is 17.6 Å². The van der Waals surface area contributed by atoms with Crippen LogP contribution in [0.1, 0.15) is 95.4 Å². The fourth-order valence-electron chi connectivity index (χ4n) is 5.87. The summed E-state index contributed by atoms with van der Waals surface area (Å²) in [5, 5.41) is 3.38. The fourth-order valence-corrected chi connectivity index (χ4v) is 5.87. The van der Waals surface area contributed by atoms with Crippen molar-refractivity contribution in [2.24, 2.45) is 17.8 Å². The highest BCUT2D eigenvalue weighted by Gasteiger charge is 2.37. The van der Waals surface area contributed by atoms with Crippen molar-refractivity contribution in [2.75, 3.05) is 6.61 Å². The van der Waals surface area contributed by atoms with E-state index in [9.17, 15) is 4.39 Å². The van der Waals surface area contributed by atoms with E-state index in [4.69, 9.17) is 4.74 Å². The van der Waals surface area contributed by atoms with E-state index in [1.54, 1.807) is 6.07 Å². The topological polar surface area (TPSA) is 21.3 Å². The van der Waals surface area contributed by atoms with Crippen molar-refractivity contribution in [2.45, 2.75) is 89.8 Å². The molecular weight excluding hydrogens is 337 g/mol. The Balaban J connectivity index is 1.41. The summed E-state index contributed by atoms with van der Waals surface area (Å²) in [4.78, 5) is 0. The Bertz CT molecular complexity index is 658. The molecule has 5 atom stereocenters. The van der Waals surface area contributed by atoms with Crippen molar-refractivity contribution in [1.29, 1.82) is 0 Å². The minimum absolute atomic E-state index is 0.0925. The second-order valence-electron chi connectivity index (χ2n) is 10.00. The van der Waals surface area contributed by atoms with Crippen LogP contribution in [0.15, 0.2) is 18.2 Å². The molecule has 0 bridgehead atoms. The molecule has 1 N–H and O–H groups in total. The molecule has 1 aliphatic heterocycles. The molecule has 0 amide bonds. The average Bonchev–Trinajstić information content (AvgIpc) is 3.01. The smallest absolute Gasteiger partial charge is 0.137 e. The SMILES string of the molecule is CCCC1CCC2CC(c3ccc(C4NC(C)(C)CO4)c(F)c3)CCC2C1. The van der Waals surface area contributed by atoms with Gasteiger partial charge in [-0.1, -0.05) is 38.3 Å². The molecule has 1 aromatic rings. The highest BCUT2D eigenvalue weighted by Crippen LogP contribution is 2.48. The van der Waals surface area contributed by atoms with E-state index in [2.05, 4.69) is 32.2 Å². The first kappa shape index (κ1) is 19.4. The monoisotopic (exact) mass is 373 g/mol. The Hall–Kier alpha value is -0.930. The predicted octanol–water partition coefficient (Wildman–Crippen LogP) is 6.32. The molecule has 150 valence electrons. The van der Waals surface area contributed by atoms with Crippen molar-refractivity contribution in [1.82, 2.24) is 5.32 Å². The Morgan fingerprint density at radius 3 is 2.59 bits per heavy atom. The minimum atomic E-state index is -0.321. The van der Waals surface area contributed by atoms with Gasteiger partial charge in [-0.15, -0.1) is 0 Å². The van der Waals surface area contributed by atoms with Gasteiger partial charge >= 0.3 is 0 Å². The lowest BCUT2D eigenvalue weighted by molar-refractivity contribution is 0.0958. The Morgan fingerprint density at radius 1 is 1.11 bits per heavy atom. The molecular formula is C24H36FNO. The summed E-state index contributed by atoms with van der Waals surface area (Å²) < 4.78 is 20.6.